The number of aromatic nitrogens is 1. The van der Waals surface area contributed by atoms with Crippen molar-refractivity contribution in [3.63, 3.8) is 0 Å². The molecule has 1 aromatic carbocycles. The zero-order valence-electron chi connectivity index (χ0n) is 14.4. The fourth-order valence-electron chi connectivity index (χ4n) is 1.91. The quantitative estimate of drug-likeness (QED) is 0.332. The molecule has 0 amide bonds. The second kappa shape index (κ2) is 8.88. The highest BCUT2D eigenvalue weighted by atomic mass is 19.4. The first-order valence-corrected chi connectivity index (χ1v) is 7.73. The van der Waals surface area contributed by atoms with Gasteiger partial charge in [-0.1, -0.05) is 17.3 Å². The van der Waals surface area contributed by atoms with Crippen molar-refractivity contribution in [2.45, 2.75) is 19.7 Å². The molecular weight excluding hydrogens is 363 g/mol. The molecule has 0 aliphatic rings. The van der Waals surface area contributed by atoms with Gasteiger partial charge < -0.3 is 21.2 Å². The van der Waals surface area contributed by atoms with Crippen molar-refractivity contribution in [3.8, 4) is 5.88 Å². The second-order valence-corrected chi connectivity index (χ2v) is 5.44. The van der Waals surface area contributed by atoms with E-state index in [0.717, 1.165) is 12.1 Å². The number of hydrazone groups is 1. The SMILES string of the molecule is C/C(=N\OCc1ccc(C(F)(F)F)cc1)c1ccc(OC/C(N)=N/N)nc1. The van der Waals surface area contributed by atoms with E-state index in [0.29, 0.717) is 22.7 Å². The number of benzene rings is 1. The summed E-state index contributed by atoms with van der Waals surface area (Å²) in [5.74, 6) is 5.47. The Kier molecular flexibility index (Phi) is 6.58. The van der Waals surface area contributed by atoms with Crippen LogP contribution in [0.5, 0.6) is 5.88 Å². The van der Waals surface area contributed by atoms with Crippen LogP contribution in [-0.2, 0) is 17.6 Å². The molecule has 7 nitrogen and oxygen atoms in total. The molecule has 27 heavy (non-hydrogen) atoms. The first-order valence-electron chi connectivity index (χ1n) is 7.73. The maximum Gasteiger partial charge on any atom is 0.416 e. The predicted molar refractivity (Wildman–Crippen MR) is 94.0 cm³/mol. The van der Waals surface area contributed by atoms with Crippen LogP contribution in [0.2, 0.25) is 0 Å². The fourth-order valence-corrected chi connectivity index (χ4v) is 1.91. The molecule has 1 heterocycles. The molecule has 0 bridgehead atoms. The Bertz CT molecular complexity index is 803. The predicted octanol–water partition coefficient (Wildman–Crippen LogP) is 2.65. The highest BCUT2D eigenvalue weighted by Crippen LogP contribution is 2.29. The second-order valence-electron chi connectivity index (χ2n) is 5.44. The van der Waals surface area contributed by atoms with Crippen molar-refractivity contribution in [1.82, 2.24) is 4.98 Å². The summed E-state index contributed by atoms with van der Waals surface area (Å²) < 4.78 is 42.8. The number of halogens is 3. The summed E-state index contributed by atoms with van der Waals surface area (Å²) in [6.07, 6.45) is -2.83. The third kappa shape index (κ3) is 6.17. The van der Waals surface area contributed by atoms with Gasteiger partial charge in [-0.05, 0) is 30.7 Å². The van der Waals surface area contributed by atoms with E-state index in [1.165, 1.54) is 18.3 Å². The molecule has 0 radical (unpaired) electrons. The van der Waals surface area contributed by atoms with E-state index in [2.05, 4.69) is 15.2 Å². The summed E-state index contributed by atoms with van der Waals surface area (Å²) in [5, 5.41) is 7.21. The number of amidine groups is 1. The highest BCUT2D eigenvalue weighted by molar-refractivity contribution is 5.98. The van der Waals surface area contributed by atoms with Crippen LogP contribution in [0.1, 0.15) is 23.6 Å². The van der Waals surface area contributed by atoms with Gasteiger partial charge in [-0.2, -0.15) is 18.3 Å². The molecule has 1 aromatic heterocycles. The first kappa shape index (κ1) is 20.0. The average Bonchev–Trinajstić information content (AvgIpc) is 2.66. The van der Waals surface area contributed by atoms with Crippen LogP contribution in [0.4, 0.5) is 13.2 Å². The van der Waals surface area contributed by atoms with Crippen LogP contribution >= 0.6 is 0 Å². The Labute approximate surface area is 153 Å². The first-order chi connectivity index (χ1) is 12.8. The van der Waals surface area contributed by atoms with E-state index in [4.69, 9.17) is 21.2 Å². The van der Waals surface area contributed by atoms with Crippen molar-refractivity contribution in [3.05, 3.63) is 59.3 Å². The molecule has 0 aliphatic heterocycles. The van der Waals surface area contributed by atoms with E-state index in [-0.39, 0.29) is 19.0 Å². The topological polar surface area (TPSA) is 108 Å². The van der Waals surface area contributed by atoms with E-state index in [1.807, 2.05) is 0 Å². The van der Waals surface area contributed by atoms with Gasteiger partial charge in [0.25, 0.3) is 0 Å². The van der Waals surface area contributed by atoms with Gasteiger partial charge in [0, 0.05) is 17.8 Å². The maximum atomic E-state index is 12.5. The molecule has 0 fully saturated rings. The molecule has 0 spiro atoms. The molecule has 144 valence electrons. The lowest BCUT2D eigenvalue weighted by Crippen LogP contribution is -2.22. The largest absolute Gasteiger partial charge is 0.469 e. The number of alkyl halides is 3. The van der Waals surface area contributed by atoms with Gasteiger partial charge in [-0.15, -0.1) is 0 Å². The van der Waals surface area contributed by atoms with E-state index >= 15 is 0 Å². The third-order valence-electron chi connectivity index (χ3n) is 3.40. The van der Waals surface area contributed by atoms with Crippen LogP contribution < -0.4 is 16.3 Å². The minimum Gasteiger partial charge on any atom is -0.469 e. The Morgan fingerprint density at radius 1 is 1.15 bits per heavy atom. The van der Waals surface area contributed by atoms with Crippen LogP contribution in [0.25, 0.3) is 0 Å². The van der Waals surface area contributed by atoms with Crippen molar-refractivity contribution in [2.75, 3.05) is 6.61 Å². The fraction of sp³-hybridized carbons (Fsp3) is 0.235. The van der Waals surface area contributed by atoms with Crippen LogP contribution in [0, 0.1) is 0 Å². The maximum absolute atomic E-state index is 12.5. The van der Waals surface area contributed by atoms with E-state index < -0.39 is 11.7 Å². The van der Waals surface area contributed by atoms with Gasteiger partial charge in [-0.3, -0.25) is 0 Å². The van der Waals surface area contributed by atoms with Gasteiger partial charge in [0.15, 0.2) is 5.84 Å². The summed E-state index contributed by atoms with van der Waals surface area (Å²) in [4.78, 5) is 9.28. The summed E-state index contributed by atoms with van der Waals surface area (Å²) in [6, 6.07) is 8.03. The summed E-state index contributed by atoms with van der Waals surface area (Å²) >= 11 is 0. The molecule has 0 saturated heterocycles. The Morgan fingerprint density at radius 2 is 1.85 bits per heavy atom. The molecule has 0 atom stereocenters. The monoisotopic (exact) mass is 381 g/mol. The highest BCUT2D eigenvalue weighted by Gasteiger charge is 2.29. The summed E-state index contributed by atoms with van der Waals surface area (Å²) in [5.41, 5.74) is 6.51. The lowest BCUT2D eigenvalue weighted by Gasteiger charge is -2.07. The average molecular weight is 381 g/mol. The number of hydrogen-bond acceptors (Lipinski definition) is 6. The molecule has 0 saturated carbocycles. The summed E-state index contributed by atoms with van der Waals surface area (Å²) in [7, 11) is 0. The van der Waals surface area contributed by atoms with E-state index in [9.17, 15) is 13.2 Å². The Morgan fingerprint density at radius 3 is 2.41 bits per heavy atom. The van der Waals surface area contributed by atoms with Gasteiger partial charge in [0.2, 0.25) is 5.88 Å². The third-order valence-corrected chi connectivity index (χ3v) is 3.40. The number of ether oxygens (including phenoxy) is 1. The number of pyridine rings is 1. The standard InChI is InChI=1S/C17H18F3N5O2/c1-11(13-4-7-16(23-8-13)26-10-15(21)24-22)25-27-9-12-2-5-14(6-3-12)17(18,19)20/h2-8H,9-10,22H2,1H3,(H2,21,24)/b25-11+. The molecule has 4 N–H and O–H groups in total. The minimum atomic E-state index is -4.36. The van der Waals surface area contributed by atoms with Crippen LogP contribution in [0.15, 0.2) is 52.9 Å². The van der Waals surface area contributed by atoms with Crippen molar-refractivity contribution < 1.29 is 22.7 Å². The molecule has 10 heteroatoms. The number of rotatable bonds is 7. The van der Waals surface area contributed by atoms with Gasteiger partial charge in [0.05, 0.1) is 11.3 Å². The van der Waals surface area contributed by atoms with Crippen molar-refractivity contribution in [1.29, 1.82) is 0 Å². The van der Waals surface area contributed by atoms with E-state index in [1.54, 1.807) is 19.1 Å². The number of oxime groups is 1. The van der Waals surface area contributed by atoms with Gasteiger partial charge in [-0.25, -0.2) is 4.98 Å². The van der Waals surface area contributed by atoms with Crippen LogP contribution in [-0.4, -0.2) is 23.1 Å². The lowest BCUT2D eigenvalue weighted by molar-refractivity contribution is -0.137. The number of nitrogens with zero attached hydrogens (tertiary/aromatic N) is 3. The normalized spacial score (nSPS) is 12.7. The minimum absolute atomic E-state index is 0.0200. The lowest BCUT2D eigenvalue weighted by atomic mass is 10.1. The van der Waals surface area contributed by atoms with Gasteiger partial charge in [0.1, 0.15) is 13.2 Å². The molecule has 2 aromatic rings. The molecule has 0 unspecified atom stereocenters. The Balaban J connectivity index is 1.89. The van der Waals surface area contributed by atoms with Crippen molar-refractivity contribution in [2.24, 2.45) is 21.8 Å². The zero-order chi connectivity index (χ0) is 19.9. The van der Waals surface area contributed by atoms with Crippen molar-refractivity contribution >= 4 is 11.5 Å². The summed E-state index contributed by atoms with van der Waals surface area (Å²) in [6.45, 7) is 1.78. The molecular formula is C17H18F3N5O2. The van der Waals surface area contributed by atoms with Crippen LogP contribution in [0.3, 0.4) is 0 Å². The molecule has 2 rings (SSSR count). The molecule has 0 aliphatic carbocycles. The number of hydrogen-bond donors (Lipinski definition) is 2. The zero-order valence-corrected chi connectivity index (χ0v) is 14.4. The van der Waals surface area contributed by atoms with Gasteiger partial charge >= 0.3 is 6.18 Å². The number of nitrogens with two attached hydrogens (primary N) is 2. The smallest absolute Gasteiger partial charge is 0.416 e. The Hall–Kier alpha value is -3.30.